The number of benzene rings is 1. The number of hydrogen-bond donors (Lipinski definition) is 2. The number of halogens is 1. The van der Waals surface area contributed by atoms with Crippen LogP contribution in [0, 0.1) is 5.92 Å². The third-order valence-corrected chi connectivity index (χ3v) is 4.89. The second-order valence-corrected chi connectivity index (χ2v) is 6.53. The predicted molar refractivity (Wildman–Crippen MR) is 83.2 cm³/mol. The van der Waals surface area contributed by atoms with Crippen LogP contribution >= 0.6 is 22.9 Å². The van der Waals surface area contributed by atoms with Gasteiger partial charge in [-0.15, -0.1) is 11.3 Å². The number of thiazole rings is 1. The number of nitrogens with two attached hydrogens (primary N) is 1. The third kappa shape index (κ3) is 2.66. The number of hydrogen-bond acceptors (Lipinski definition) is 4. The molecule has 0 bridgehead atoms. The van der Waals surface area contributed by atoms with E-state index < -0.39 is 0 Å². The van der Waals surface area contributed by atoms with Gasteiger partial charge >= 0.3 is 0 Å². The number of nitrogens with one attached hydrogen (secondary N) is 1. The van der Waals surface area contributed by atoms with E-state index in [0.717, 1.165) is 35.9 Å². The molecule has 4 nitrogen and oxygen atoms in total. The smallest absolute Gasteiger partial charge is 0.227 e. The third-order valence-electron chi connectivity index (χ3n) is 3.79. The normalized spacial score (nSPS) is 22.9. The molecule has 1 aliphatic carbocycles. The Bertz CT molecular complexity index is 642. The molecule has 1 amide bonds. The molecule has 1 aromatic heterocycles. The van der Waals surface area contributed by atoms with E-state index in [-0.39, 0.29) is 17.9 Å². The Morgan fingerprint density at radius 3 is 3.10 bits per heavy atom. The summed E-state index contributed by atoms with van der Waals surface area (Å²) in [5.74, 6) is -0.0220. The van der Waals surface area contributed by atoms with Gasteiger partial charge in [0, 0.05) is 12.0 Å². The standard InChI is InChI=1S/C14H16ClN3OS/c15-10-4-5-11-13(17-7-20-11)12(10)18-14(19)8-2-1-3-9(16)6-8/h4-5,7-9H,1-3,6,16H2,(H,18,19). The van der Waals surface area contributed by atoms with E-state index in [2.05, 4.69) is 10.3 Å². The molecule has 1 aliphatic rings. The molecule has 3 N–H and O–H groups in total. The van der Waals surface area contributed by atoms with E-state index in [0.29, 0.717) is 10.7 Å². The Labute approximate surface area is 126 Å². The Hall–Kier alpha value is -1.17. The largest absolute Gasteiger partial charge is 0.328 e. The van der Waals surface area contributed by atoms with Gasteiger partial charge in [0.2, 0.25) is 5.91 Å². The highest BCUT2D eigenvalue weighted by atomic mass is 35.5. The minimum Gasteiger partial charge on any atom is -0.328 e. The van der Waals surface area contributed by atoms with Gasteiger partial charge in [-0.3, -0.25) is 4.79 Å². The molecule has 6 heteroatoms. The van der Waals surface area contributed by atoms with Gasteiger partial charge in [-0.1, -0.05) is 18.0 Å². The van der Waals surface area contributed by atoms with Gasteiger partial charge in [-0.2, -0.15) is 0 Å². The fraction of sp³-hybridized carbons (Fsp3) is 0.429. The van der Waals surface area contributed by atoms with Crippen LogP contribution in [0.5, 0.6) is 0 Å². The molecule has 0 radical (unpaired) electrons. The Kier molecular flexibility index (Phi) is 3.92. The molecule has 1 fully saturated rings. The van der Waals surface area contributed by atoms with Crippen LogP contribution in [0.1, 0.15) is 25.7 Å². The Balaban J connectivity index is 1.83. The summed E-state index contributed by atoms with van der Waals surface area (Å²) in [6, 6.07) is 3.84. The molecule has 20 heavy (non-hydrogen) atoms. The molecular weight excluding hydrogens is 294 g/mol. The highest BCUT2D eigenvalue weighted by molar-refractivity contribution is 7.16. The molecule has 0 spiro atoms. The van der Waals surface area contributed by atoms with Crippen LogP contribution in [0.2, 0.25) is 5.02 Å². The topological polar surface area (TPSA) is 68.0 Å². The zero-order valence-electron chi connectivity index (χ0n) is 10.9. The summed E-state index contributed by atoms with van der Waals surface area (Å²) < 4.78 is 1.02. The molecular formula is C14H16ClN3OS. The highest BCUT2D eigenvalue weighted by Gasteiger charge is 2.26. The summed E-state index contributed by atoms with van der Waals surface area (Å²) in [5, 5.41) is 3.47. The summed E-state index contributed by atoms with van der Waals surface area (Å²) in [5.41, 5.74) is 9.08. The Morgan fingerprint density at radius 1 is 1.45 bits per heavy atom. The number of fused-ring (bicyclic) bond motifs is 1. The van der Waals surface area contributed by atoms with Gasteiger partial charge in [0.1, 0.15) is 5.52 Å². The molecule has 3 rings (SSSR count). The lowest BCUT2D eigenvalue weighted by Crippen LogP contribution is -2.34. The van der Waals surface area contributed by atoms with Crippen LogP contribution in [0.4, 0.5) is 5.69 Å². The first-order valence-corrected chi connectivity index (χ1v) is 7.99. The quantitative estimate of drug-likeness (QED) is 0.893. The van der Waals surface area contributed by atoms with Crippen LogP contribution < -0.4 is 11.1 Å². The van der Waals surface area contributed by atoms with Crippen molar-refractivity contribution in [1.82, 2.24) is 4.98 Å². The second kappa shape index (κ2) is 5.68. The number of nitrogens with zero attached hydrogens (tertiary/aromatic N) is 1. The molecule has 0 aliphatic heterocycles. The summed E-state index contributed by atoms with van der Waals surface area (Å²) in [6.45, 7) is 0. The number of rotatable bonds is 2. The van der Waals surface area contributed by atoms with Gasteiger partial charge < -0.3 is 11.1 Å². The zero-order chi connectivity index (χ0) is 14.1. The molecule has 1 heterocycles. The van der Waals surface area contributed by atoms with Crippen molar-refractivity contribution in [1.29, 1.82) is 0 Å². The fourth-order valence-electron chi connectivity index (χ4n) is 2.72. The number of aromatic nitrogens is 1. The molecule has 1 aromatic carbocycles. The lowest BCUT2D eigenvalue weighted by atomic mass is 9.85. The maximum Gasteiger partial charge on any atom is 0.227 e. The van der Waals surface area contributed by atoms with Crippen molar-refractivity contribution in [2.75, 3.05) is 5.32 Å². The summed E-state index contributed by atoms with van der Waals surface area (Å²) >= 11 is 7.73. The van der Waals surface area contributed by atoms with E-state index in [1.807, 2.05) is 6.07 Å². The van der Waals surface area contributed by atoms with Crippen LogP contribution in [-0.2, 0) is 4.79 Å². The monoisotopic (exact) mass is 309 g/mol. The number of anilines is 1. The maximum absolute atomic E-state index is 12.4. The number of carbonyl (C=O) groups is 1. The average molecular weight is 310 g/mol. The summed E-state index contributed by atoms with van der Waals surface area (Å²) in [6.07, 6.45) is 3.65. The van der Waals surface area contributed by atoms with Crippen LogP contribution in [0.25, 0.3) is 10.2 Å². The van der Waals surface area contributed by atoms with Crippen molar-refractivity contribution in [2.24, 2.45) is 11.7 Å². The van der Waals surface area contributed by atoms with Crippen molar-refractivity contribution in [3.05, 3.63) is 22.7 Å². The van der Waals surface area contributed by atoms with Gasteiger partial charge in [-0.05, 0) is 31.4 Å². The molecule has 1 saturated carbocycles. The molecule has 106 valence electrons. The average Bonchev–Trinajstić information content (AvgIpc) is 2.90. The van der Waals surface area contributed by atoms with Gasteiger partial charge in [0.15, 0.2) is 0 Å². The minimum absolute atomic E-state index is 0.00236. The molecule has 2 aromatic rings. The fourth-order valence-corrected chi connectivity index (χ4v) is 3.60. The molecule has 2 atom stereocenters. The van der Waals surface area contributed by atoms with E-state index in [1.54, 1.807) is 11.6 Å². The first-order valence-electron chi connectivity index (χ1n) is 6.73. The van der Waals surface area contributed by atoms with E-state index >= 15 is 0 Å². The first-order chi connectivity index (χ1) is 9.65. The SMILES string of the molecule is NC1CCCC(C(=O)Nc2c(Cl)ccc3scnc23)C1. The van der Waals surface area contributed by atoms with Crippen molar-refractivity contribution in [3.8, 4) is 0 Å². The predicted octanol–water partition coefficient (Wildman–Crippen LogP) is 3.41. The van der Waals surface area contributed by atoms with Crippen LogP contribution in [0.15, 0.2) is 17.6 Å². The minimum atomic E-state index is -0.0243. The molecule has 0 saturated heterocycles. The van der Waals surface area contributed by atoms with Crippen molar-refractivity contribution in [3.63, 3.8) is 0 Å². The lowest BCUT2D eigenvalue weighted by Gasteiger charge is -2.25. The summed E-state index contributed by atoms with van der Waals surface area (Å²) in [7, 11) is 0. The lowest BCUT2D eigenvalue weighted by molar-refractivity contribution is -0.120. The number of carbonyl (C=O) groups excluding carboxylic acids is 1. The molecule has 2 unspecified atom stereocenters. The maximum atomic E-state index is 12.4. The van der Waals surface area contributed by atoms with Gasteiger partial charge in [0.25, 0.3) is 0 Å². The van der Waals surface area contributed by atoms with Gasteiger partial charge in [-0.25, -0.2) is 4.98 Å². The van der Waals surface area contributed by atoms with E-state index in [4.69, 9.17) is 17.3 Å². The van der Waals surface area contributed by atoms with Gasteiger partial charge in [0.05, 0.1) is 20.9 Å². The summed E-state index contributed by atoms with van der Waals surface area (Å²) in [4.78, 5) is 16.7. The van der Waals surface area contributed by atoms with Crippen molar-refractivity contribution >= 4 is 44.7 Å². The van der Waals surface area contributed by atoms with Crippen LogP contribution in [0.3, 0.4) is 0 Å². The van der Waals surface area contributed by atoms with E-state index in [1.165, 1.54) is 11.3 Å². The first kappa shape index (κ1) is 13.8. The van der Waals surface area contributed by atoms with Crippen LogP contribution in [-0.4, -0.2) is 16.9 Å². The zero-order valence-corrected chi connectivity index (χ0v) is 12.5. The van der Waals surface area contributed by atoms with E-state index in [9.17, 15) is 4.79 Å². The Morgan fingerprint density at radius 2 is 2.30 bits per heavy atom. The highest BCUT2D eigenvalue weighted by Crippen LogP contribution is 2.33. The second-order valence-electron chi connectivity index (χ2n) is 5.23. The van der Waals surface area contributed by atoms with Crippen molar-refractivity contribution in [2.45, 2.75) is 31.7 Å². The van der Waals surface area contributed by atoms with Crippen molar-refractivity contribution < 1.29 is 4.79 Å². The number of amides is 1.